The van der Waals surface area contributed by atoms with Crippen LogP contribution in [-0.4, -0.2) is 37.6 Å². The summed E-state index contributed by atoms with van der Waals surface area (Å²) in [6.07, 6.45) is 3.98. The van der Waals surface area contributed by atoms with E-state index < -0.39 is 0 Å². The van der Waals surface area contributed by atoms with Crippen molar-refractivity contribution in [3.05, 3.63) is 0 Å². The van der Waals surface area contributed by atoms with Crippen molar-refractivity contribution in [1.82, 2.24) is 10.2 Å². The van der Waals surface area contributed by atoms with E-state index in [0.29, 0.717) is 5.41 Å². The Morgan fingerprint density at radius 1 is 1.15 bits per heavy atom. The van der Waals surface area contributed by atoms with Crippen LogP contribution in [0.2, 0.25) is 0 Å². The van der Waals surface area contributed by atoms with Crippen LogP contribution in [0.1, 0.15) is 60.8 Å². The van der Waals surface area contributed by atoms with Gasteiger partial charge in [-0.2, -0.15) is 0 Å². The molecule has 1 N–H and O–H groups in total. The van der Waals surface area contributed by atoms with Crippen LogP contribution in [0.25, 0.3) is 0 Å². The van der Waals surface area contributed by atoms with E-state index in [0.717, 1.165) is 24.3 Å². The third-order valence-electron chi connectivity index (χ3n) is 5.36. The van der Waals surface area contributed by atoms with Crippen molar-refractivity contribution < 1.29 is 0 Å². The van der Waals surface area contributed by atoms with Gasteiger partial charge in [-0.05, 0) is 55.5 Å². The summed E-state index contributed by atoms with van der Waals surface area (Å²) in [4.78, 5) is 2.73. The molecule has 1 aliphatic heterocycles. The van der Waals surface area contributed by atoms with Gasteiger partial charge < -0.3 is 10.2 Å². The lowest BCUT2D eigenvalue weighted by atomic mass is 9.81. The summed E-state index contributed by atoms with van der Waals surface area (Å²) in [5.74, 6) is 2.51. The van der Waals surface area contributed by atoms with Crippen LogP contribution in [0.5, 0.6) is 0 Å². The number of rotatable bonds is 9. The smallest absolute Gasteiger partial charge is 0.00501 e. The van der Waals surface area contributed by atoms with E-state index in [2.05, 4.69) is 51.8 Å². The van der Waals surface area contributed by atoms with E-state index in [-0.39, 0.29) is 0 Å². The minimum Gasteiger partial charge on any atom is -0.316 e. The molecule has 0 spiro atoms. The lowest BCUT2D eigenvalue weighted by Gasteiger charge is -2.36. The highest BCUT2D eigenvalue weighted by Crippen LogP contribution is 2.31. The molecule has 1 heterocycles. The minimum absolute atomic E-state index is 0.473. The maximum Gasteiger partial charge on any atom is 0.00501 e. The predicted molar refractivity (Wildman–Crippen MR) is 90.1 cm³/mol. The predicted octanol–water partition coefficient (Wildman–Crippen LogP) is 4.02. The van der Waals surface area contributed by atoms with Gasteiger partial charge in [-0.3, -0.25) is 0 Å². The van der Waals surface area contributed by atoms with Gasteiger partial charge in [0.1, 0.15) is 0 Å². The summed E-state index contributed by atoms with van der Waals surface area (Å²) in [7, 11) is 0. The van der Waals surface area contributed by atoms with Crippen molar-refractivity contribution in [1.29, 1.82) is 0 Å². The van der Waals surface area contributed by atoms with Gasteiger partial charge in [0.2, 0.25) is 0 Å². The summed E-state index contributed by atoms with van der Waals surface area (Å²) in [5, 5.41) is 3.71. The molecular weight excluding hydrogens is 244 g/mol. The molecule has 1 fully saturated rings. The molecule has 0 aromatic heterocycles. The van der Waals surface area contributed by atoms with Crippen LogP contribution in [0.4, 0.5) is 0 Å². The average Bonchev–Trinajstić information content (AvgIpc) is 2.85. The first kappa shape index (κ1) is 18.0. The molecule has 1 unspecified atom stereocenters. The van der Waals surface area contributed by atoms with Gasteiger partial charge in [-0.1, -0.05) is 41.5 Å². The fraction of sp³-hybridized carbons (Fsp3) is 1.00. The van der Waals surface area contributed by atoms with Gasteiger partial charge >= 0.3 is 0 Å². The zero-order valence-electron chi connectivity index (χ0n) is 14.8. The first-order chi connectivity index (χ1) is 9.42. The molecule has 1 atom stereocenters. The number of nitrogens with one attached hydrogen (secondary N) is 1. The van der Waals surface area contributed by atoms with E-state index in [1.807, 2.05) is 0 Å². The van der Waals surface area contributed by atoms with E-state index in [1.165, 1.54) is 45.4 Å². The third-order valence-corrected chi connectivity index (χ3v) is 5.36. The molecule has 120 valence electrons. The van der Waals surface area contributed by atoms with Gasteiger partial charge in [0.05, 0.1) is 0 Å². The van der Waals surface area contributed by atoms with Gasteiger partial charge in [-0.25, -0.2) is 0 Å². The minimum atomic E-state index is 0.473. The molecule has 0 aliphatic carbocycles. The highest BCUT2D eigenvalue weighted by molar-refractivity contribution is 4.87. The van der Waals surface area contributed by atoms with Gasteiger partial charge in [0.15, 0.2) is 0 Å². The summed E-state index contributed by atoms with van der Waals surface area (Å²) in [6, 6.07) is 0. The summed E-state index contributed by atoms with van der Waals surface area (Å²) in [6.45, 7) is 20.3. The van der Waals surface area contributed by atoms with Crippen molar-refractivity contribution in [2.45, 2.75) is 60.8 Å². The quantitative estimate of drug-likeness (QED) is 0.687. The molecular formula is C18H38N2. The zero-order chi connectivity index (χ0) is 15.2. The molecule has 20 heavy (non-hydrogen) atoms. The Bertz CT molecular complexity index is 256. The fourth-order valence-corrected chi connectivity index (χ4v) is 3.43. The van der Waals surface area contributed by atoms with Crippen molar-refractivity contribution in [2.75, 3.05) is 32.7 Å². The second-order valence-corrected chi connectivity index (χ2v) is 7.76. The Balaban J connectivity index is 2.49. The molecule has 2 heteroatoms. The van der Waals surface area contributed by atoms with E-state index >= 15 is 0 Å². The molecule has 1 saturated heterocycles. The Labute approximate surface area is 127 Å². The van der Waals surface area contributed by atoms with Crippen LogP contribution < -0.4 is 5.32 Å². The molecule has 0 bridgehead atoms. The van der Waals surface area contributed by atoms with E-state index in [1.54, 1.807) is 0 Å². The fourth-order valence-electron chi connectivity index (χ4n) is 3.43. The van der Waals surface area contributed by atoms with Gasteiger partial charge in [-0.15, -0.1) is 0 Å². The van der Waals surface area contributed by atoms with Crippen LogP contribution >= 0.6 is 0 Å². The third kappa shape index (κ3) is 5.37. The highest BCUT2D eigenvalue weighted by atomic mass is 15.2. The van der Waals surface area contributed by atoms with Crippen LogP contribution in [0.15, 0.2) is 0 Å². The number of nitrogens with zero attached hydrogens (tertiary/aromatic N) is 1. The van der Waals surface area contributed by atoms with Crippen molar-refractivity contribution in [3.63, 3.8) is 0 Å². The molecule has 0 aromatic rings. The molecule has 1 rings (SSSR count). The van der Waals surface area contributed by atoms with Crippen LogP contribution in [-0.2, 0) is 0 Å². The topological polar surface area (TPSA) is 15.3 Å². The SMILES string of the molecule is CCC(CC)(CNCC(C)C)CN1CCC(C(C)C)C1. The molecule has 0 saturated carbocycles. The molecule has 0 aromatic carbocycles. The second kappa shape index (κ2) is 8.38. The summed E-state index contributed by atoms with van der Waals surface area (Å²) >= 11 is 0. The maximum atomic E-state index is 3.71. The zero-order valence-corrected chi connectivity index (χ0v) is 14.8. The van der Waals surface area contributed by atoms with Crippen LogP contribution in [0.3, 0.4) is 0 Å². The van der Waals surface area contributed by atoms with Gasteiger partial charge in [0, 0.05) is 19.6 Å². The number of hydrogen-bond donors (Lipinski definition) is 1. The monoisotopic (exact) mass is 282 g/mol. The molecule has 2 nitrogen and oxygen atoms in total. The first-order valence-corrected chi connectivity index (χ1v) is 8.85. The number of hydrogen-bond acceptors (Lipinski definition) is 2. The highest BCUT2D eigenvalue weighted by Gasteiger charge is 2.32. The van der Waals surface area contributed by atoms with E-state index in [4.69, 9.17) is 0 Å². The van der Waals surface area contributed by atoms with Crippen molar-refractivity contribution in [3.8, 4) is 0 Å². The second-order valence-electron chi connectivity index (χ2n) is 7.76. The Morgan fingerprint density at radius 3 is 2.25 bits per heavy atom. The van der Waals surface area contributed by atoms with Crippen molar-refractivity contribution >= 4 is 0 Å². The maximum absolute atomic E-state index is 3.71. The average molecular weight is 283 g/mol. The largest absolute Gasteiger partial charge is 0.316 e. The normalized spacial score (nSPS) is 21.3. The van der Waals surface area contributed by atoms with Gasteiger partial charge in [0.25, 0.3) is 0 Å². The Hall–Kier alpha value is -0.0800. The molecule has 0 radical (unpaired) electrons. The standard InChI is InChI=1S/C18H38N2/c1-7-18(8-2,13-19-11-15(3)4)14-20-10-9-17(12-20)16(5)6/h15-17,19H,7-14H2,1-6H3. The van der Waals surface area contributed by atoms with E-state index in [9.17, 15) is 0 Å². The Kier molecular flexibility index (Phi) is 7.53. The summed E-state index contributed by atoms with van der Waals surface area (Å²) < 4.78 is 0. The first-order valence-electron chi connectivity index (χ1n) is 8.85. The summed E-state index contributed by atoms with van der Waals surface area (Å²) in [5.41, 5.74) is 0.473. The van der Waals surface area contributed by atoms with Crippen LogP contribution in [0, 0.1) is 23.2 Å². The lowest BCUT2D eigenvalue weighted by Crippen LogP contribution is -2.43. The van der Waals surface area contributed by atoms with Crippen molar-refractivity contribution in [2.24, 2.45) is 23.2 Å². The molecule has 0 amide bonds. The Morgan fingerprint density at radius 2 is 1.80 bits per heavy atom. The number of likely N-dealkylation sites (tertiary alicyclic amines) is 1. The molecule has 1 aliphatic rings. The lowest BCUT2D eigenvalue weighted by molar-refractivity contribution is 0.147.